The van der Waals surface area contributed by atoms with Gasteiger partial charge in [-0.3, -0.25) is 4.79 Å². The Morgan fingerprint density at radius 2 is 2.07 bits per heavy atom. The third kappa shape index (κ3) is 1.77. The van der Waals surface area contributed by atoms with Gasteiger partial charge in [0.15, 0.2) is 0 Å². The molecule has 0 radical (unpaired) electrons. The van der Waals surface area contributed by atoms with E-state index in [-0.39, 0.29) is 18.1 Å². The summed E-state index contributed by atoms with van der Waals surface area (Å²) in [4.78, 5) is 11.3. The molecule has 1 aliphatic rings. The molecule has 1 heterocycles. The molecule has 1 fully saturated rings. The van der Waals surface area contributed by atoms with Crippen molar-refractivity contribution in [1.82, 2.24) is 5.32 Å². The summed E-state index contributed by atoms with van der Waals surface area (Å²) in [6, 6.07) is 9.85. The minimum absolute atomic E-state index is 0.0000926. The third-order valence-electron chi connectivity index (χ3n) is 2.40. The van der Waals surface area contributed by atoms with E-state index in [0.29, 0.717) is 6.61 Å². The van der Waals surface area contributed by atoms with E-state index in [1.165, 1.54) is 0 Å². The number of amides is 1. The van der Waals surface area contributed by atoms with Crippen LogP contribution in [0.5, 0.6) is 0 Å². The molecule has 3 nitrogen and oxygen atoms in total. The van der Waals surface area contributed by atoms with E-state index in [0.717, 1.165) is 5.56 Å². The molecule has 0 saturated carbocycles. The topological polar surface area (TPSA) is 38.3 Å². The van der Waals surface area contributed by atoms with Crippen LogP contribution in [0.25, 0.3) is 0 Å². The number of ether oxygens (including phenoxy) is 1. The number of carbonyl (C=O) groups excluding carboxylic acids is 1. The highest BCUT2D eigenvalue weighted by molar-refractivity contribution is 5.81. The van der Waals surface area contributed by atoms with Gasteiger partial charge in [-0.25, -0.2) is 0 Å². The van der Waals surface area contributed by atoms with Crippen LogP contribution in [-0.4, -0.2) is 18.6 Å². The molecule has 1 aromatic carbocycles. The number of hydrogen-bond donors (Lipinski definition) is 1. The van der Waals surface area contributed by atoms with Crippen molar-refractivity contribution in [2.24, 2.45) is 0 Å². The van der Waals surface area contributed by atoms with E-state index in [4.69, 9.17) is 4.74 Å². The molecule has 0 aliphatic carbocycles. The first-order chi connectivity index (χ1) is 6.77. The molecule has 2 atom stereocenters. The maximum atomic E-state index is 11.3. The van der Waals surface area contributed by atoms with E-state index < -0.39 is 0 Å². The Morgan fingerprint density at radius 3 is 2.71 bits per heavy atom. The highest BCUT2D eigenvalue weighted by Gasteiger charge is 2.25. The Kier molecular flexibility index (Phi) is 2.50. The second-order valence-corrected chi connectivity index (χ2v) is 3.45. The van der Waals surface area contributed by atoms with Gasteiger partial charge in [-0.05, 0) is 12.5 Å². The summed E-state index contributed by atoms with van der Waals surface area (Å²) in [5, 5.41) is 2.92. The SMILES string of the molecule is C[C@H]1OC[C@@H](c2ccccc2)NC1=O. The zero-order valence-electron chi connectivity index (χ0n) is 8.07. The maximum Gasteiger partial charge on any atom is 0.249 e. The van der Waals surface area contributed by atoms with Gasteiger partial charge in [-0.1, -0.05) is 30.3 Å². The van der Waals surface area contributed by atoms with Crippen LogP contribution in [0, 0.1) is 0 Å². The molecule has 1 saturated heterocycles. The molecular formula is C11H13NO2. The minimum Gasteiger partial charge on any atom is -0.366 e. The fraction of sp³-hybridized carbons (Fsp3) is 0.364. The standard InChI is InChI=1S/C11H13NO2/c1-8-11(13)12-10(7-14-8)9-5-3-2-4-6-9/h2-6,8,10H,7H2,1H3,(H,12,13)/t8-,10+/m1/s1. The van der Waals surface area contributed by atoms with Gasteiger partial charge in [-0.15, -0.1) is 0 Å². The van der Waals surface area contributed by atoms with Crippen molar-refractivity contribution in [1.29, 1.82) is 0 Å². The zero-order valence-corrected chi connectivity index (χ0v) is 8.07. The van der Waals surface area contributed by atoms with Gasteiger partial charge >= 0.3 is 0 Å². The predicted octanol–water partition coefficient (Wildman–Crippen LogP) is 1.26. The van der Waals surface area contributed by atoms with Gasteiger partial charge < -0.3 is 10.1 Å². The van der Waals surface area contributed by atoms with Gasteiger partial charge in [0.05, 0.1) is 12.6 Å². The fourth-order valence-electron chi connectivity index (χ4n) is 1.51. The van der Waals surface area contributed by atoms with E-state index in [9.17, 15) is 4.79 Å². The van der Waals surface area contributed by atoms with Gasteiger partial charge in [-0.2, -0.15) is 0 Å². The average molecular weight is 191 g/mol. The molecule has 0 bridgehead atoms. The molecular weight excluding hydrogens is 178 g/mol. The maximum absolute atomic E-state index is 11.3. The van der Waals surface area contributed by atoms with Crippen molar-refractivity contribution in [2.45, 2.75) is 19.1 Å². The van der Waals surface area contributed by atoms with Crippen LogP contribution < -0.4 is 5.32 Å². The lowest BCUT2D eigenvalue weighted by Crippen LogP contribution is -2.44. The molecule has 14 heavy (non-hydrogen) atoms. The quantitative estimate of drug-likeness (QED) is 0.725. The first-order valence-electron chi connectivity index (χ1n) is 4.74. The monoisotopic (exact) mass is 191 g/mol. The molecule has 1 amide bonds. The lowest BCUT2D eigenvalue weighted by molar-refractivity contribution is -0.139. The fourth-order valence-corrected chi connectivity index (χ4v) is 1.51. The number of benzene rings is 1. The molecule has 0 aromatic heterocycles. The van der Waals surface area contributed by atoms with Gasteiger partial charge in [0, 0.05) is 0 Å². The van der Waals surface area contributed by atoms with E-state index >= 15 is 0 Å². The summed E-state index contributed by atoms with van der Waals surface area (Å²) in [6.07, 6.45) is -0.324. The molecule has 3 heteroatoms. The van der Waals surface area contributed by atoms with E-state index in [1.807, 2.05) is 30.3 Å². The van der Waals surface area contributed by atoms with Crippen LogP contribution in [0.4, 0.5) is 0 Å². The Morgan fingerprint density at radius 1 is 1.36 bits per heavy atom. The molecule has 0 unspecified atom stereocenters. The smallest absolute Gasteiger partial charge is 0.249 e. The Balaban J connectivity index is 2.11. The molecule has 2 rings (SSSR count). The van der Waals surface area contributed by atoms with Crippen LogP contribution in [-0.2, 0) is 9.53 Å². The Bertz CT molecular complexity index is 323. The largest absolute Gasteiger partial charge is 0.366 e. The highest BCUT2D eigenvalue weighted by Crippen LogP contribution is 2.17. The summed E-state index contributed by atoms with van der Waals surface area (Å²) < 4.78 is 5.35. The van der Waals surface area contributed by atoms with Crippen LogP contribution in [0.1, 0.15) is 18.5 Å². The second-order valence-electron chi connectivity index (χ2n) is 3.45. The van der Waals surface area contributed by atoms with E-state index in [2.05, 4.69) is 5.32 Å². The van der Waals surface area contributed by atoms with Crippen LogP contribution >= 0.6 is 0 Å². The lowest BCUT2D eigenvalue weighted by atomic mass is 10.1. The Labute approximate surface area is 83.1 Å². The number of hydrogen-bond acceptors (Lipinski definition) is 2. The van der Waals surface area contributed by atoms with Gasteiger partial charge in [0.2, 0.25) is 5.91 Å². The number of carbonyl (C=O) groups is 1. The third-order valence-corrected chi connectivity index (χ3v) is 2.40. The van der Waals surface area contributed by atoms with Gasteiger partial charge in [0.1, 0.15) is 6.10 Å². The van der Waals surface area contributed by atoms with Crippen molar-refractivity contribution in [2.75, 3.05) is 6.61 Å². The first kappa shape index (κ1) is 9.21. The number of rotatable bonds is 1. The molecule has 1 N–H and O–H groups in total. The van der Waals surface area contributed by atoms with Crippen LogP contribution in [0.15, 0.2) is 30.3 Å². The Hall–Kier alpha value is -1.35. The van der Waals surface area contributed by atoms with Crippen molar-refractivity contribution in [3.05, 3.63) is 35.9 Å². The second kappa shape index (κ2) is 3.80. The lowest BCUT2D eigenvalue weighted by Gasteiger charge is -2.27. The van der Waals surface area contributed by atoms with Crippen molar-refractivity contribution < 1.29 is 9.53 Å². The van der Waals surface area contributed by atoms with E-state index in [1.54, 1.807) is 6.92 Å². The number of nitrogens with one attached hydrogen (secondary N) is 1. The molecule has 1 aliphatic heterocycles. The van der Waals surface area contributed by atoms with Crippen molar-refractivity contribution >= 4 is 5.91 Å². The zero-order chi connectivity index (χ0) is 9.97. The normalized spacial score (nSPS) is 27.1. The van der Waals surface area contributed by atoms with Gasteiger partial charge in [0.25, 0.3) is 0 Å². The molecule has 0 spiro atoms. The van der Waals surface area contributed by atoms with Crippen molar-refractivity contribution in [3.63, 3.8) is 0 Å². The molecule has 1 aromatic rings. The molecule has 74 valence electrons. The number of morpholine rings is 1. The summed E-state index contributed by atoms with van der Waals surface area (Å²) in [7, 11) is 0. The predicted molar refractivity (Wildman–Crippen MR) is 52.7 cm³/mol. The van der Waals surface area contributed by atoms with Crippen LogP contribution in [0.3, 0.4) is 0 Å². The summed E-state index contributed by atoms with van der Waals surface area (Å²) in [6.45, 7) is 2.31. The summed E-state index contributed by atoms with van der Waals surface area (Å²) in [5.74, 6) is -0.0369. The summed E-state index contributed by atoms with van der Waals surface area (Å²) in [5.41, 5.74) is 1.09. The average Bonchev–Trinajstić information content (AvgIpc) is 2.23. The summed E-state index contributed by atoms with van der Waals surface area (Å²) >= 11 is 0. The minimum atomic E-state index is -0.324. The highest BCUT2D eigenvalue weighted by atomic mass is 16.5. The van der Waals surface area contributed by atoms with Crippen molar-refractivity contribution in [3.8, 4) is 0 Å². The van der Waals surface area contributed by atoms with Crippen LogP contribution in [0.2, 0.25) is 0 Å². The first-order valence-corrected chi connectivity index (χ1v) is 4.74.